The molecule has 0 aliphatic rings. The SMILES string of the molecule is COc1ccc(Cl)cc1Nc1nnc(CCN)o1. The van der Waals surface area contributed by atoms with Gasteiger partial charge < -0.3 is 20.2 Å². The number of halogens is 1. The largest absolute Gasteiger partial charge is 0.495 e. The van der Waals surface area contributed by atoms with Crippen molar-refractivity contribution in [2.45, 2.75) is 6.42 Å². The molecule has 18 heavy (non-hydrogen) atoms. The predicted octanol–water partition coefficient (Wildman–Crippen LogP) is 1.98. The second-order valence-electron chi connectivity index (χ2n) is 3.51. The van der Waals surface area contributed by atoms with Crippen molar-refractivity contribution in [3.8, 4) is 5.75 Å². The molecular weight excluding hydrogens is 256 g/mol. The molecule has 0 radical (unpaired) electrons. The zero-order valence-electron chi connectivity index (χ0n) is 9.81. The second kappa shape index (κ2) is 5.70. The van der Waals surface area contributed by atoms with E-state index >= 15 is 0 Å². The maximum Gasteiger partial charge on any atom is 0.320 e. The molecule has 0 amide bonds. The number of nitrogens with two attached hydrogens (primary N) is 1. The van der Waals surface area contributed by atoms with Gasteiger partial charge >= 0.3 is 6.01 Å². The molecule has 0 aliphatic carbocycles. The summed E-state index contributed by atoms with van der Waals surface area (Å²) in [5.41, 5.74) is 6.06. The quantitative estimate of drug-likeness (QED) is 0.862. The van der Waals surface area contributed by atoms with Crippen molar-refractivity contribution in [1.29, 1.82) is 0 Å². The molecule has 6 nitrogen and oxygen atoms in total. The van der Waals surface area contributed by atoms with Crippen LogP contribution in [0.5, 0.6) is 5.75 Å². The van der Waals surface area contributed by atoms with Gasteiger partial charge in [-0.2, -0.15) is 0 Å². The molecule has 1 heterocycles. The number of rotatable bonds is 5. The standard InChI is InChI=1S/C11H13ClN4O2/c1-17-9-3-2-7(12)6-8(9)14-11-16-15-10(18-11)4-5-13/h2-3,6H,4-5,13H2,1H3,(H,14,16). The number of hydrogen-bond donors (Lipinski definition) is 2. The zero-order chi connectivity index (χ0) is 13.0. The van der Waals surface area contributed by atoms with E-state index in [2.05, 4.69) is 15.5 Å². The first kappa shape index (κ1) is 12.7. The van der Waals surface area contributed by atoms with Gasteiger partial charge in [0.2, 0.25) is 5.89 Å². The maximum atomic E-state index is 5.92. The van der Waals surface area contributed by atoms with Crippen molar-refractivity contribution >= 4 is 23.3 Å². The van der Waals surface area contributed by atoms with Crippen LogP contribution in [0.25, 0.3) is 0 Å². The van der Waals surface area contributed by atoms with Crippen molar-refractivity contribution in [2.75, 3.05) is 19.0 Å². The molecule has 0 saturated carbocycles. The van der Waals surface area contributed by atoms with E-state index in [0.717, 1.165) is 0 Å². The van der Waals surface area contributed by atoms with Crippen molar-refractivity contribution in [1.82, 2.24) is 10.2 Å². The molecule has 0 atom stereocenters. The predicted molar refractivity (Wildman–Crippen MR) is 68.3 cm³/mol. The number of anilines is 2. The summed E-state index contributed by atoms with van der Waals surface area (Å²) in [6.45, 7) is 0.460. The van der Waals surface area contributed by atoms with E-state index in [0.29, 0.717) is 35.3 Å². The van der Waals surface area contributed by atoms with Crippen LogP contribution in [-0.2, 0) is 6.42 Å². The fraction of sp³-hybridized carbons (Fsp3) is 0.273. The minimum Gasteiger partial charge on any atom is -0.495 e. The highest BCUT2D eigenvalue weighted by Crippen LogP contribution is 2.29. The third-order valence-electron chi connectivity index (χ3n) is 2.23. The lowest BCUT2D eigenvalue weighted by Gasteiger charge is -2.08. The van der Waals surface area contributed by atoms with Gasteiger partial charge in [0, 0.05) is 18.0 Å². The molecular formula is C11H13ClN4O2. The third kappa shape index (κ3) is 2.91. The Morgan fingerprint density at radius 3 is 3.00 bits per heavy atom. The van der Waals surface area contributed by atoms with Gasteiger partial charge in [-0.25, -0.2) is 0 Å². The van der Waals surface area contributed by atoms with Gasteiger partial charge in [-0.1, -0.05) is 16.7 Å². The highest BCUT2D eigenvalue weighted by molar-refractivity contribution is 6.30. The molecule has 3 N–H and O–H groups in total. The Kier molecular flexibility index (Phi) is 4.01. The van der Waals surface area contributed by atoms with Crippen molar-refractivity contribution in [3.05, 3.63) is 29.1 Å². The van der Waals surface area contributed by atoms with Crippen LogP contribution in [0.2, 0.25) is 5.02 Å². The van der Waals surface area contributed by atoms with Crippen LogP contribution in [0.15, 0.2) is 22.6 Å². The minimum atomic E-state index is 0.277. The number of nitrogens with one attached hydrogen (secondary N) is 1. The zero-order valence-corrected chi connectivity index (χ0v) is 10.6. The van der Waals surface area contributed by atoms with E-state index < -0.39 is 0 Å². The van der Waals surface area contributed by atoms with E-state index in [-0.39, 0.29) is 6.01 Å². The van der Waals surface area contributed by atoms with Crippen LogP contribution in [-0.4, -0.2) is 23.9 Å². The van der Waals surface area contributed by atoms with E-state index in [1.807, 2.05) is 0 Å². The summed E-state index contributed by atoms with van der Waals surface area (Å²) >= 11 is 5.92. The van der Waals surface area contributed by atoms with Crippen LogP contribution in [0.3, 0.4) is 0 Å². The fourth-order valence-electron chi connectivity index (χ4n) is 1.42. The molecule has 0 bridgehead atoms. The number of methoxy groups -OCH3 is 1. The second-order valence-corrected chi connectivity index (χ2v) is 3.95. The molecule has 2 aromatic rings. The van der Waals surface area contributed by atoms with E-state index in [9.17, 15) is 0 Å². The first-order valence-electron chi connectivity index (χ1n) is 5.36. The topological polar surface area (TPSA) is 86.2 Å². The van der Waals surface area contributed by atoms with Gasteiger partial charge in [0.1, 0.15) is 5.75 Å². The van der Waals surface area contributed by atoms with Crippen LogP contribution in [0.1, 0.15) is 5.89 Å². The Labute approximate surface area is 109 Å². The van der Waals surface area contributed by atoms with Crippen molar-refractivity contribution < 1.29 is 9.15 Å². The monoisotopic (exact) mass is 268 g/mol. The molecule has 0 spiro atoms. The molecule has 7 heteroatoms. The number of benzene rings is 1. The number of aromatic nitrogens is 2. The lowest BCUT2D eigenvalue weighted by molar-refractivity contribution is 0.416. The number of nitrogens with zero attached hydrogens (tertiary/aromatic N) is 2. The molecule has 96 valence electrons. The lowest BCUT2D eigenvalue weighted by Crippen LogP contribution is -2.02. The average Bonchev–Trinajstić information content (AvgIpc) is 2.77. The summed E-state index contributed by atoms with van der Waals surface area (Å²) in [6, 6.07) is 5.48. The highest BCUT2D eigenvalue weighted by Gasteiger charge is 2.09. The lowest BCUT2D eigenvalue weighted by atomic mass is 10.3. The molecule has 1 aromatic heterocycles. The van der Waals surface area contributed by atoms with Gasteiger partial charge in [0.25, 0.3) is 0 Å². The third-order valence-corrected chi connectivity index (χ3v) is 2.46. The Morgan fingerprint density at radius 2 is 2.28 bits per heavy atom. The minimum absolute atomic E-state index is 0.277. The average molecular weight is 269 g/mol. The molecule has 0 aliphatic heterocycles. The van der Waals surface area contributed by atoms with Gasteiger partial charge in [-0.3, -0.25) is 0 Å². The molecule has 1 aromatic carbocycles. The molecule has 0 unspecified atom stereocenters. The summed E-state index contributed by atoms with van der Waals surface area (Å²) in [6.07, 6.45) is 0.543. The maximum absolute atomic E-state index is 5.92. The van der Waals surface area contributed by atoms with Gasteiger partial charge in [0.05, 0.1) is 12.8 Å². The van der Waals surface area contributed by atoms with E-state index in [1.54, 1.807) is 25.3 Å². The summed E-state index contributed by atoms with van der Waals surface area (Å²) in [5.74, 6) is 1.12. The number of ether oxygens (including phenoxy) is 1. The smallest absolute Gasteiger partial charge is 0.320 e. The first-order chi connectivity index (χ1) is 8.72. The fourth-order valence-corrected chi connectivity index (χ4v) is 1.59. The Balaban J connectivity index is 2.19. The van der Waals surface area contributed by atoms with Crippen molar-refractivity contribution in [3.63, 3.8) is 0 Å². The Bertz CT molecular complexity index is 530. The molecule has 0 fully saturated rings. The highest BCUT2D eigenvalue weighted by atomic mass is 35.5. The number of hydrogen-bond acceptors (Lipinski definition) is 6. The Hall–Kier alpha value is -1.79. The summed E-state index contributed by atoms with van der Waals surface area (Å²) in [5, 5.41) is 11.2. The van der Waals surface area contributed by atoms with Gasteiger partial charge in [-0.15, -0.1) is 5.10 Å². The summed E-state index contributed by atoms with van der Waals surface area (Å²) in [7, 11) is 1.57. The van der Waals surface area contributed by atoms with Crippen LogP contribution < -0.4 is 15.8 Å². The molecule has 2 rings (SSSR count). The van der Waals surface area contributed by atoms with E-state index in [1.165, 1.54) is 0 Å². The first-order valence-corrected chi connectivity index (χ1v) is 5.73. The normalized spacial score (nSPS) is 10.4. The summed E-state index contributed by atoms with van der Waals surface area (Å²) < 4.78 is 10.6. The van der Waals surface area contributed by atoms with Crippen LogP contribution in [0.4, 0.5) is 11.7 Å². The van der Waals surface area contributed by atoms with Crippen molar-refractivity contribution in [2.24, 2.45) is 5.73 Å². The van der Waals surface area contributed by atoms with Gasteiger partial charge in [-0.05, 0) is 18.2 Å². The molecule has 0 saturated heterocycles. The van der Waals surface area contributed by atoms with Crippen LogP contribution >= 0.6 is 11.6 Å². The van der Waals surface area contributed by atoms with Crippen LogP contribution in [0, 0.1) is 0 Å². The Morgan fingerprint density at radius 1 is 1.44 bits per heavy atom. The summed E-state index contributed by atoms with van der Waals surface area (Å²) in [4.78, 5) is 0. The van der Waals surface area contributed by atoms with E-state index in [4.69, 9.17) is 26.5 Å². The van der Waals surface area contributed by atoms with Gasteiger partial charge in [0.15, 0.2) is 0 Å².